The fourth-order valence-corrected chi connectivity index (χ4v) is 3.03. The minimum atomic E-state index is -0.772. The number of likely N-dealkylation sites (tertiary alicyclic amines) is 1. The molecule has 1 saturated heterocycles. The average molecular weight is 229 g/mol. The van der Waals surface area contributed by atoms with E-state index in [1.165, 1.54) is 19.3 Å². The molecular weight excluding hydrogens is 210 g/mol. The van der Waals surface area contributed by atoms with E-state index < -0.39 is 5.72 Å². The van der Waals surface area contributed by atoms with E-state index in [1.54, 1.807) is 0 Å². The Morgan fingerprint density at radius 2 is 1.82 bits per heavy atom. The molecule has 0 radical (unpaired) electrons. The van der Waals surface area contributed by atoms with E-state index in [0.717, 1.165) is 24.2 Å². The van der Waals surface area contributed by atoms with E-state index >= 15 is 0 Å². The largest absolute Gasteiger partial charge is 0.371 e. The second-order valence-electron chi connectivity index (χ2n) is 5.06. The standard InChI is InChI=1S/C15H19NO/c17-15(16-11-4-1-5-12-16)10-6-8-13-7-2-3-9-14(13)15/h2-3,6-9,17H,1,4-5,10-12H2. The van der Waals surface area contributed by atoms with Gasteiger partial charge in [0.05, 0.1) is 0 Å². The molecule has 2 nitrogen and oxygen atoms in total. The second kappa shape index (κ2) is 4.28. The maximum atomic E-state index is 11.0. The minimum absolute atomic E-state index is 0.712. The molecule has 0 aromatic heterocycles. The summed E-state index contributed by atoms with van der Waals surface area (Å²) in [6.07, 6.45) is 8.63. The van der Waals surface area contributed by atoms with Crippen molar-refractivity contribution in [1.82, 2.24) is 4.90 Å². The van der Waals surface area contributed by atoms with Crippen LogP contribution in [0.25, 0.3) is 6.08 Å². The van der Waals surface area contributed by atoms with Crippen LogP contribution in [0.4, 0.5) is 0 Å². The minimum Gasteiger partial charge on any atom is -0.371 e. The Labute approximate surface area is 103 Å². The van der Waals surface area contributed by atoms with Gasteiger partial charge in [-0.2, -0.15) is 0 Å². The number of hydrogen-bond donors (Lipinski definition) is 1. The smallest absolute Gasteiger partial charge is 0.148 e. The van der Waals surface area contributed by atoms with Crippen molar-refractivity contribution in [2.45, 2.75) is 31.4 Å². The molecule has 0 saturated carbocycles. The van der Waals surface area contributed by atoms with Crippen molar-refractivity contribution in [3.05, 3.63) is 41.5 Å². The molecule has 0 amide bonds. The van der Waals surface area contributed by atoms with E-state index in [-0.39, 0.29) is 0 Å². The lowest BCUT2D eigenvalue weighted by atomic mass is 9.87. The van der Waals surface area contributed by atoms with Gasteiger partial charge in [-0.05, 0) is 18.4 Å². The lowest BCUT2D eigenvalue weighted by Crippen LogP contribution is -2.49. The zero-order chi connectivity index (χ0) is 11.7. The molecule has 2 heteroatoms. The third-order valence-corrected chi connectivity index (χ3v) is 3.97. The van der Waals surface area contributed by atoms with Crippen LogP contribution in [0.2, 0.25) is 0 Å². The zero-order valence-electron chi connectivity index (χ0n) is 10.1. The molecule has 1 aromatic rings. The van der Waals surface area contributed by atoms with Gasteiger partial charge in [-0.1, -0.05) is 42.8 Å². The van der Waals surface area contributed by atoms with Crippen molar-refractivity contribution in [2.75, 3.05) is 13.1 Å². The van der Waals surface area contributed by atoms with Crippen LogP contribution in [-0.4, -0.2) is 23.1 Å². The lowest BCUT2D eigenvalue weighted by Gasteiger charge is -2.43. The molecular formula is C15H19NO. The predicted octanol–water partition coefficient (Wildman–Crippen LogP) is 2.73. The lowest BCUT2D eigenvalue weighted by molar-refractivity contribution is -0.122. The molecule has 1 atom stereocenters. The van der Waals surface area contributed by atoms with Crippen LogP contribution in [0.3, 0.4) is 0 Å². The van der Waals surface area contributed by atoms with Crippen LogP contribution >= 0.6 is 0 Å². The van der Waals surface area contributed by atoms with E-state index in [2.05, 4.69) is 29.2 Å². The van der Waals surface area contributed by atoms with Crippen molar-refractivity contribution in [3.8, 4) is 0 Å². The van der Waals surface area contributed by atoms with E-state index in [9.17, 15) is 5.11 Å². The highest BCUT2D eigenvalue weighted by molar-refractivity contribution is 5.58. The normalized spacial score (nSPS) is 29.0. The predicted molar refractivity (Wildman–Crippen MR) is 69.4 cm³/mol. The quantitative estimate of drug-likeness (QED) is 0.800. The van der Waals surface area contributed by atoms with E-state index in [0.29, 0.717) is 6.42 Å². The molecule has 1 aliphatic carbocycles. The highest BCUT2D eigenvalue weighted by atomic mass is 16.3. The zero-order valence-corrected chi connectivity index (χ0v) is 10.1. The van der Waals surface area contributed by atoms with Crippen LogP contribution in [0.5, 0.6) is 0 Å². The molecule has 1 heterocycles. The van der Waals surface area contributed by atoms with Crippen LogP contribution in [0, 0.1) is 0 Å². The summed E-state index contributed by atoms with van der Waals surface area (Å²) in [5.41, 5.74) is 1.46. The monoisotopic (exact) mass is 229 g/mol. The Bertz CT molecular complexity index is 434. The molecule has 1 N–H and O–H groups in total. The molecule has 0 spiro atoms. The third-order valence-electron chi connectivity index (χ3n) is 3.97. The first-order valence-electron chi connectivity index (χ1n) is 6.54. The Morgan fingerprint density at radius 3 is 2.65 bits per heavy atom. The van der Waals surface area contributed by atoms with Gasteiger partial charge in [0.15, 0.2) is 0 Å². The Balaban J connectivity index is 1.99. The first-order valence-corrected chi connectivity index (χ1v) is 6.54. The number of rotatable bonds is 1. The summed E-state index contributed by atoms with van der Waals surface area (Å²) in [6, 6.07) is 8.20. The molecule has 2 aliphatic rings. The van der Waals surface area contributed by atoms with Gasteiger partial charge in [-0.3, -0.25) is 4.90 Å². The fraction of sp³-hybridized carbons (Fsp3) is 0.467. The van der Waals surface area contributed by atoms with Crippen molar-refractivity contribution < 1.29 is 5.11 Å². The van der Waals surface area contributed by atoms with Gasteiger partial charge in [-0.25, -0.2) is 0 Å². The summed E-state index contributed by atoms with van der Waals surface area (Å²) in [7, 11) is 0. The third kappa shape index (κ3) is 1.81. The second-order valence-corrected chi connectivity index (χ2v) is 5.06. The van der Waals surface area contributed by atoms with Crippen molar-refractivity contribution in [2.24, 2.45) is 0 Å². The average Bonchev–Trinajstić information content (AvgIpc) is 2.40. The topological polar surface area (TPSA) is 23.5 Å². The maximum absolute atomic E-state index is 11.0. The first kappa shape index (κ1) is 11.0. The molecule has 3 rings (SSSR count). The van der Waals surface area contributed by atoms with Crippen molar-refractivity contribution >= 4 is 6.08 Å². The fourth-order valence-electron chi connectivity index (χ4n) is 3.03. The molecule has 0 bridgehead atoms. The van der Waals surface area contributed by atoms with Gasteiger partial charge in [0.25, 0.3) is 0 Å². The van der Waals surface area contributed by atoms with Crippen LogP contribution in [0.15, 0.2) is 30.3 Å². The van der Waals surface area contributed by atoms with Gasteiger partial charge in [0.2, 0.25) is 0 Å². The summed E-state index contributed by atoms with van der Waals surface area (Å²) >= 11 is 0. The molecule has 1 unspecified atom stereocenters. The van der Waals surface area contributed by atoms with E-state index in [1.807, 2.05) is 12.1 Å². The summed E-state index contributed by atoms with van der Waals surface area (Å²) in [4.78, 5) is 2.25. The van der Waals surface area contributed by atoms with Crippen LogP contribution in [-0.2, 0) is 5.72 Å². The first-order chi connectivity index (χ1) is 8.31. The Morgan fingerprint density at radius 1 is 1.06 bits per heavy atom. The number of aliphatic hydroxyl groups is 1. The van der Waals surface area contributed by atoms with Gasteiger partial charge < -0.3 is 5.11 Å². The molecule has 17 heavy (non-hydrogen) atoms. The van der Waals surface area contributed by atoms with E-state index in [4.69, 9.17) is 0 Å². The summed E-state index contributed by atoms with van der Waals surface area (Å²) in [6.45, 7) is 2.03. The number of piperidine rings is 1. The molecule has 1 aromatic carbocycles. The van der Waals surface area contributed by atoms with Crippen molar-refractivity contribution in [3.63, 3.8) is 0 Å². The van der Waals surface area contributed by atoms with Gasteiger partial charge in [0, 0.05) is 25.1 Å². The molecule has 90 valence electrons. The number of fused-ring (bicyclic) bond motifs is 1. The maximum Gasteiger partial charge on any atom is 0.148 e. The summed E-state index contributed by atoms with van der Waals surface area (Å²) in [5.74, 6) is 0. The number of hydrogen-bond acceptors (Lipinski definition) is 2. The number of nitrogens with zero attached hydrogens (tertiary/aromatic N) is 1. The molecule has 1 aliphatic heterocycles. The van der Waals surface area contributed by atoms with Gasteiger partial charge in [-0.15, -0.1) is 0 Å². The summed E-state index contributed by atoms with van der Waals surface area (Å²) in [5, 5.41) is 11.0. The van der Waals surface area contributed by atoms with Gasteiger partial charge >= 0.3 is 0 Å². The van der Waals surface area contributed by atoms with Crippen molar-refractivity contribution in [1.29, 1.82) is 0 Å². The van der Waals surface area contributed by atoms with Gasteiger partial charge in [0.1, 0.15) is 5.72 Å². The highest BCUT2D eigenvalue weighted by Gasteiger charge is 2.38. The van der Waals surface area contributed by atoms with Crippen LogP contribution < -0.4 is 0 Å². The Hall–Kier alpha value is -1.12. The van der Waals surface area contributed by atoms with Crippen LogP contribution in [0.1, 0.15) is 36.8 Å². The summed E-state index contributed by atoms with van der Waals surface area (Å²) < 4.78 is 0. The SMILES string of the molecule is OC1(N2CCCCC2)CC=Cc2ccccc21. The molecule has 1 fully saturated rings. The highest BCUT2D eigenvalue weighted by Crippen LogP contribution is 2.37. The Kier molecular flexibility index (Phi) is 2.77. The number of benzene rings is 1.